The largest absolute Gasteiger partial charge is 0.525 e. The number of nitrogens with one attached hydrogen (secondary N) is 1. The molecule has 1 aliphatic rings. The molecule has 6 nitrogen and oxygen atoms in total. The highest BCUT2D eigenvalue weighted by Crippen LogP contribution is 2.24. The molecule has 16 heavy (non-hydrogen) atoms. The van der Waals surface area contributed by atoms with Crippen LogP contribution in [-0.4, -0.2) is 35.3 Å². The second-order valence-electron chi connectivity index (χ2n) is 5.05. The Morgan fingerprint density at radius 1 is 1.25 bits per heavy atom. The van der Waals surface area contributed by atoms with E-state index < -0.39 is 17.7 Å². The molecule has 0 saturated carbocycles. The number of imide groups is 1. The predicted octanol–water partition coefficient (Wildman–Crippen LogP) is 1.12. The maximum atomic E-state index is 12.0. The number of amides is 3. The first kappa shape index (κ1) is 12.9. The Balaban J connectivity index is 2.86. The summed E-state index contributed by atoms with van der Waals surface area (Å²) in [7, 11) is 0. The van der Waals surface area contributed by atoms with Crippen LogP contribution in [0.1, 0.15) is 33.6 Å². The van der Waals surface area contributed by atoms with Crippen molar-refractivity contribution in [2.75, 3.05) is 13.1 Å². The van der Waals surface area contributed by atoms with Crippen LogP contribution in [0, 0.1) is 0 Å². The molecule has 0 aliphatic carbocycles. The summed E-state index contributed by atoms with van der Waals surface area (Å²) in [5, 5.41) is 0. The van der Waals surface area contributed by atoms with E-state index in [4.69, 9.17) is 10.6 Å². The van der Waals surface area contributed by atoms with Crippen molar-refractivity contribution in [3.63, 3.8) is 0 Å². The summed E-state index contributed by atoms with van der Waals surface area (Å²) < 4.78 is 4.93. The Labute approximate surface area is 95.3 Å². The van der Waals surface area contributed by atoms with Crippen LogP contribution in [0.2, 0.25) is 0 Å². The molecule has 1 heterocycles. The Bertz CT molecular complexity index is 290. The first-order chi connectivity index (χ1) is 7.32. The lowest BCUT2D eigenvalue weighted by Gasteiger charge is -2.29. The van der Waals surface area contributed by atoms with Gasteiger partial charge in [0.25, 0.3) is 0 Å². The number of urea groups is 1. The topological polar surface area (TPSA) is 81.4 Å². The van der Waals surface area contributed by atoms with E-state index in [1.54, 1.807) is 20.8 Å². The first-order valence-corrected chi connectivity index (χ1v) is 5.43. The van der Waals surface area contributed by atoms with Crippen molar-refractivity contribution in [3.8, 4) is 0 Å². The molecule has 92 valence electrons. The van der Waals surface area contributed by atoms with Crippen molar-refractivity contribution < 1.29 is 18.8 Å². The van der Waals surface area contributed by atoms with Gasteiger partial charge in [-0.25, -0.2) is 16.1 Å². The number of nitrogens with zero attached hydrogens (tertiary/aromatic N) is 1. The summed E-state index contributed by atoms with van der Waals surface area (Å²) in [5.41, 5.74) is 1.45. The molecule has 0 aromatic carbocycles. The van der Waals surface area contributed by atoms with Crippen molar-refractivity contribution >= 4 is 12.1 Å². The molecule has 3 N–H and O–H groups in total. The monoisotopic (exact) mass is 230 g/mol. The van der Waals surface area contributed by atoms with Gasteiger partial charge in [-0.3, -0.25) is 0 Å². The Hall–Kier alpha value is -1.14. The maximum Gasteiger partial charge on any atom is 0.525 e. The molecular formula is C10H20N3O3+. The number of rotatable bonds is 0. The van der Waals surface area contributed by atoms with Gasteiger partial charge in [0.1, 0.15) is 5.60 Å². The molecule has 0 atom stereocenters. The van der Waals surface area contributed by atoms with E-state index in [0.717, 1.165) is 12.8 Å². The van der Waals surface area contributed by atoms with Gasteiger partial charge in [0.15, 0.2) is 0 Å². The quantitative estimate of drug-likeness (QED) is 0.283. The van der Waals surface area contributed by atoms with E-state index >= 15 is 0 Å². The summed E-state index contributed by atoms with van der Waals surface area (Å²) in [6.07, 6.45) is 1.13. The smallest absolute Gasteiger partial charge is 0.414 e. The van der Waals surface area contributed by atoms with E-state index in [0.29, 0.717) is 13.1 Å². The zero-order chi connectivity index (χ0) is 12.4. The maximum absolute atomic E-state index is 12.0. The van der Waals surface area contributed by atoms with Gasteiger partial charge in [-0.2, -0.15) is 4.79 Å². The fourth-order valence-electron chi connectivity index (χ4n) is 1.82. The molecule has 1 aliphatic heterocycles. The summed E-state index contributed by atoms with van der Waals surface area (Å²) >= 11 is 0. The number of nitrogens with two attached hydrogens (primary N) is 1. The number of hydrazine groups is 1. The third-order valence-electron chi connectivity index (χ3n) is 2.58. The van der Waals surface area contributed by atoms with Gasteiger partial charge in [-0.15, -0.1) is 4.48 Å². The fourth-order valence-corrected chi connectivity index (χ4v) is 1.82. The molecule has 0 radical (unpaired) electrons. The van der Waals surface area contributed by atoms with Crippen molar-refractivity contribution in [1.82, 2.24) is 5.43 Å². The summed E-state index contributed by atoms with van der Waals surface area (Å²) in [5.74, 6) is 5.12. The minimum absolute atomic E-state index is 0.340. The number of ether oxygens (including phenoxy) is 1. The van der Waals surface area contributed by atoms with E-state index in [2.05, 4.69) is 0 Å². The lowest BCUT2D eigenvalue weighted by Crippen LogP contribution is -2.61. The zero-order valence-electron chi connectivity index (χ0n) is 10.1. The van der Waals surface area contributed by atoms with Crippen molar-refractivity contribution in [2.45, 2.75) is 39.2 Å². The molecule has 0 bridgehead atoms. The molecular weight excluding hydrogens is 210 g/mol. The molecule has 0 unspecified atom stereocenters. The minimum atomic E-state index is -0.597. The highest BCUT2D eigenvalue weighted by atomic mass is 16.6. The van der Waals surface area contributed by atoms with Crippen LogP contribution in [0.4, 0.5) is 9.59 Å². The average Bonchev–Trinajstić information content (AvgIpc) is 2.63. The van der Waals surface area contributed by atoms with Gasteiger partial charge in [0, 0.05) is 12.8 Å². The molecule has 1 rings (SSSR count). The predicted molar refractivity (Wildman–Crippen MR) is 58.2 cm³/mol. The molecule has 0 spiro atoms. The second kappa shape index (κ2) is 4.39. The third-order valence-corrected chi connectivity index (χ3v) is 2.58. The van der Waals surface area contributed by atoms with E-state index in [9.17, 15) is 9.59 Å². The summed E-state index contributed by atoms with van der Waals surface area (Å²) in [6, 6.07) is -0.494. The van der Waals surface area contributed by atoms with Gasteiger partial charge in [0.05, 0.1) is 13.1 Å². The molecule has 1 fully saturated rings. The van der Waals surface area contributed by atoms with Crippen LogP contribution >= 0.6 is 0 Å². The number of hydrogen-bond donors (Lipinski definition) is 2. The highest BCUT2D eigenvalue weighted by Gasteiger charge is 2.50. The Morgan fingerprint density at radius 2 is 1.75 bits per heavy atom. The SMILES string of the molecule is CC(C)(C)OC(=O)[N+]1(C(=O)NN)CCCC1. The average molecular weight is 230 g/mol. The number of carbonyl (C=O) groups is 2. The normalized spacial score (nSPS) is 19.2. The van der Waals surface area contributed by atoms with Crippen molar-refractivity contribution in [3.05, 3.63) is 0 Å². The molecule has 6 heteroatoms. The van der Waals surface area contributed by atoms with Crippen molar-refractivity contribution in [2.24, 2.45) is 5.84 Å². The van der Waals surface area contributed by atoms with Crippen LogP contribution in [-0.2, 0) is 4.74 Å². The first-order valence-electron chi connectivity index (χ1n) is 5.43. The lowest BCUT2D eigenvalue weighted by molar-refractivity contribution is -0.764. The molecule has 0 aromatic heterocycles. The second-order valence-corrected chi connectivity index (χ2v) is 5.05. The van der Waals surface area contributed by atoms with Gasteiger partial charge in [0.2, 0.25) is 0 Å². The third kappa shape index (κ3) is 2.51. The number of quaternary nitrogens is 1. The number of likely N-dealkylation sites (tertiary alicyclic amines) is 1. The van der Waals surface area contributed by atoms with Crippen molar-refractivity contribution in [1.29, 1.82) is 0 Å². The van der Waals surface area contributed by atoms with Crippen LogP contribution in [0.25, 0.3) is 0 Å². The van der Waals surface area contributed by atoms with Gasteiger partial charge in [-0.05, 0) is 20.8 Å². The molecule has 3 amide bonds. The molecule has 1 saturated heterocycles. The van der Waals surface area contributed by atoms with Gasteiger partial charge >= 0.3 is 12.1 Å². The Morgan fingerprint density at radius 3 is 2.12 bits per heavy atom. The molecule has 0 aromatic rings. The van der Waals surface area contributed by atoms with E-state index in [-0.39, 0.29) is 4.48 Å². The van der Waals surface area contributed by atoms with Crippen LogP contribution in [0.3, 0.4) is 0 Å². The summed E-state index contributed by atoms with van der Waals surface area (Å²) in [6.45, 7) is 6.24. The number of carbonyl (C=O) groups excluding carboxylic acids is 2. The van der Waals surface area contributed by atoms with Crippen LogP contribution in [0.5, 0.6) is 0 Å². The van der Waals surface area contributed by atoms with Gasteiger partial charge < -0.3 is 4.74 Å². The lowest BCUT2D eigenvalue weighted by atomic mass is 10.2. The van der Waals surface area contributed by atoms with E-state index in [1.165, 1.54) is 0 Å². The number of hydrogen-bond acceptors (Lipinski definition) is 4. The van der Waals surface area contributed by atoms with Crippen LogP contribution in [0.15, 0.2) is 0 Å². The fraction of sp³-hybridized carbons (Fsp3) is 0.800. The minimum Gasteiger partial charge on any atom is -0.414 e. The van der Waals surface area contributed by atoms with E-state index in [1.807, 2.05) is 5.43 Å². The highest BCUT2D eigenvalue weighted by molar-refractivity contribution is 5.79. The zero-order valence-corrected chi connectivity index (χ0v) is 10.1. The van der Waals surface area contributed by atoms with Crippen LogP contribution < -0.4 is 11.3 Å². The Kier molecular flexibility index (Phi) is 3.54. The van der Waals surface area contributed by atoms with Gasteiger partial charge in [-0.1, -0.05) is 0 Å². The summed E-state index contributed by atoms with van der Waals surface area (Å²) in [4.78, 5) is 23.7. The standard InChI is InChI=1S/C10H19N3O3/c1-10(2,3)16-9(15)13(8(14)12-11)6-4-5-7-13/h4-7,11H2,1-3H3/p+1.